The number of nitrogens with one attached hydrogen (secondary N) is 1. The molecule has 2 rings (SSSR count). The Morgan fingerprint density at radius 2 is 2.00 bits per heavy atom. The Kier molecular flexibility index (Phi) is 5.59. The van der Waals surface area contributed by atoms with Crippen molar-refractivity contribution in [3.63, 3.8) is 0 Å². The van der Waals surface area contributed by atoms with Gasteiger partial charge in [-0.25, -0.2) is 0 Å². The lowest BCUT2D eigenvalue weighted by molar-refractivity contribution is -0.138. The Morgan fingerprint density at radius 1 is 1.29 bits per heavy atom. The first-order valence-corrected chi connectivity index (χ1v) is 7.45. The molecule has 1 aliphatic rings. The van der Waals surface area contributed by atoms with Crippen molar-refractivity contribution in [1.29, 1.82) is 0 Å². The Balaban J connectivity index is 1.83. The van der Waals surface area contributed by atoms with E-state index in [1.54, 1.807) is 4.90 Å². The number of para-hydroxylation sites is 1. The lowest BCUT2D eigenvalue weighted by Crippen LogP contribution is -2.56. The van der Waals surface area contributed by atoms with E-state index in [0.29, 0.717) is 13.2 Å². The average Bonchev–Trinajstić information content (AvgIpc) is 2.53. The van der Waals surface area contributed by atoms with Crippen LogP contribution in [0.2, 0.25) is 0 Å². The molecule has 1 aromatic rings. The number of anilines is 1. The fourth-order valence-corrected chi connectivity index (χ4v) is 2.47. The first kappa shape index (κ1) is 15.8. The molecule has 0 aliphatic carbocycles. The van der Waals surface area contributed by atoms with Crippen LogP contribution in [0.15, 0.2) is 30.3 Å². The second-order valence-corrected chi connectivity index (χ2v) is 5.52. The summed E-state index contributed by atoms with van der Waals surface area (Å²) in [5.74, 6) is 0.101. The van der Waals surface area contributed by atoms with Gasteiger partial charge >= 0.3 is 0 Å². The Bertz CT molecular complexity index is 452. The molecule has 0 aromatic heterocycles. The number of nitrogens with zero attached hydrogens (tertiary/aromatic N) is 2. The van der Waals surface area contributed by atoms with Crippen LogP contribution in [0.25, 0.3) is 0 Å². The maximum absolute atomic E-state index is 12.4. The number of benzene rings is 1. The first-order valence-electron chi connectivity index (χ1n) is 7.45. The highest BCUT2D eigenvalue weighted by molar-refractivity contribution is 5.82. The second-order valence-electron chi connectivity index (χ2n) is 5.52. The monoisotopic (exact) mass is 291 g/mol. The highest BCUT2D eigenvalue weighted by Crippen LogP contribution is 2.11. The molecule has 0 spiro atoms. The highest BCUT2D eigenvalue weighted by atomic mass is 16.5. The summed E-state index contributed by atoms with van der Waals surface area (Å²) >= 11 is 0. The quantitative estimate of drug-likeness (QED) is 0.877. The van der Waals surface area contributed by atoms with E-state index in [4.69, 9.17) is 4.74 Å². The van der Waals surface area contributed by atoms with Crippen LogP contribution in [-0.2, 0) is 9.53 Å². The summed E-state index contributed by atoms with van der Waals surface area (Å²) < 4.78 is 5.54. The summed E-state index contributed by atoms with van der Waals surface area (Å²) in [4.78, 5) is 16.4. The first-order chi connectivity index (χ1) is 10.1. The molecule has 1 N–H and O–H groups in total. The molecule has 1 heterocycles. The van der Waals surface area contributed by atoms with E-state index in [1.807, 2.05) is 39.2 Å². The smallest absolute Gasteiger partial charge is 0.242 e. The van der Waals surface area contributed by atoms with Crippen LogP contribution in [0, 0.1) is 0 Å². The molecule has 2 atom stereocenters. The molecule has 1 saturated heterocycles. The number of carbonyl (C=O) groups is 1. The number of carbonyl (C=O) groups excluding carboxylic acids is 1. The molecule has 0 saturated carbocycles. The van der Waals surface area contributed by atoms with Gasteiger partial charge in [0.1, 0.15) is 6.04 Å². The predicted octanol–water partition coefficient (Wildman–Crippen LogP) is 0.958. The van der Waals surface area contributed by atoms with Crippen LogP contribution >= 0.6 is 0 Å². The van der Waals surface area contributed by atoms with Gasteiger partial charge in [-0.15, -0.1) is 0 Å². The van der Waals surface area contributed by atoms with Gasteiger partial charge in [0.25, 0.3) is 0 Å². The standard InChI is InChI=1S/C16H25N3O2/c1-13-15(17-9-12-21-13)16(20)19(3)11-10-18(2)14-7-5-4-6-8-14/h4-8,13,15,17H,9-12H2,1-3H3/t13-,15+/m1/s1. The fraction of sp³-hybridized carbons (Fsp3) is 0.562. The Labute approximate surface area is 126 Å². The van der Waals surface area contributed by atoms with E-state index in [9.17, 15) is 4.79 Å². The van der Waals surface area contributed by atoms with Gasteiger partial charge in [0.05, 0.1) is 12.7 Å². The van der Waals surface area contributed by atoms with E-state index >= 15 is 0 Å². The van der Waals surface area contributed by atoms with Crippen LogP contribution in [0.4, 0.5) is 5.69 Å². The summed E-state index contributed by atoms with van der Waals surface area (Å²) in [6.45, 7) is 4.84. The molecule has 0 bridgehead atoms. The molecule has 1 aliphatic heterocycles. The maximum atomic E-state index is 12.4. The largest absolute Gasteiger partial charge is 0.375 e. The second kappa shape index (κ2) is 7.43. The molecule has 1 aromatic carbocycles. The molecule has 0 unspecified atom stereocenters. The number of amides is 1. The zero-order chi connectivity index (χ0) is 15.2. The third kappa shape index (κ3) is 4.19. The van der Waals surface area contributed by atoms with Crippen molar-refractivity contribution >= 4 is 11.6 Å². The number of likely N-dealkylation sites (N-methyl/N-ethyl adjacent to an activating group) is 2. The van der Waals surface area contributed by atoms with Gasteiger partial charge in [-0.05, 0) is 19.1 Å². The number of morpholine rings is 1. The zero-order valence-electron chi connectivity index (χ0n) is 13.1. The SMILES string of the molecule is C[C@H]1OCCN[C@@H]1C(=O)N(C)CCN(C)c1ccccc1. The van der Waals surface area contributed by atoms with Crippen LogP contribution in [-0.4, -0.2) is 63.3 Å². The molecule has 1 amide bonds. The highest BCUT2D eigenvalue weighted by Gasteiger charge is 2.30. The Hall–Kier alpha value is -1.59. The van der Waals surface area contributed by atoms with Crippen LogP contribution in [0.3, 0.4) is 0 Å². The lowest BCUT2D eigenvalue weighted by atomic mass is 10.1. The lowest BCUT2D eigenvalue weighted by Gasteiger charge is -2.33. The molecular formula is C16H25N3O2. The van der Waals surface area contributed by atoms with Crippen molar-refractivity contribution < 1.29 is 9.53 Å². The molecule has 21 heavy (non-hydrogen) atoms. The molecular weight excluding hydrogens is 266 g/mol. The van der Waals surface area contributed by atoms with E-state index < -0.39 is 0 Å². The number of ether oxygens (including phenoxy) is 1. The fourth-order valence-electron chi connectivity index (χ4n) is 2.47. The van der Waals surface area contributed by atoms with E-state index in [1.165, 1.54) is 0 Å². The molecule has 5 heteroatoms. The number of hydrogen-bond acceptors (Lipinski definition) is 4. The molecule has 0 radical (unpaired) electrons. The number of rotatable bonds is 5. The van der Waals surface area contributed by atoms with Gasteiger partial charge in [0, 0.05) is 39.4 Å². The predicted molar refractivity (Wildman–Crippen MR) is 84.6 cm³/mol. The molecule has 1 fully saturated rings. The Morgan fingerprint density at radius 3 is 2.67 bits per heavy atom. The van der Waals surface area contributed by atoms with Crippen LogP contribution < -0.4 is 10.2 Å². The van der Waals surface area contributed by atoms with Crippen molar-refractivity contribution in [1.82, 2.24) is 10.2 Å². The summed E-state index contributed by atoms with van der Waals surface area (Å²) in [6, 6.07) is 9.95. The molecule has 116 valence electrons. The molecule has 5 nitrogen and oxygen atoms in total. The van der Waals surface area contributed by atoms with Crippen molar-refractivity contribution in [3.05, 3.63) is 30.3 Å². The van der Waals surface area contributed by atoms with Crippen molar-refractivity contribution in [2.45, 2.75) is 19.1 Å². The maximum Gasteiger partial charge on any atom is 0.242 e. The minimum atomic E-state index is -0.231. The van der Waals surface area contributed by atoms with Gasteiger partial charge in [-0.1, -0.05) is 18.2 Å². The van der Waals surface area contributed by atoms with E-state index in [0.717, 1.165) is 18.8 Å². The summed E-state index contributed by atoms with van der Waals surface area (Å²) in [7, 11) is 3.89. The van der Waals surface area contributed by atoms with Crippen molar-refractivity contribution in [3.8, 4) is 0 Å². The van der Waals surface area contributed by atoms with Crippen LogP contribution in [0.5, 0.6) is 0 Å². The van der Waals surface area contributed by atoms with E-state index in [2.05, 4.69) is 22.3 Å². The third-order valence-electron chi connectivity index (χ3n) is 3.93. The third-order valence-corrected chi connectivity index (χ3v) is 3.93. The van der Waals surface area contributed by atoms with Gasteiger partial charge in [-0.2, -0.15) is 0 Å². The van der Waals surface area contributed by atoms with Gasteiger partial charge in [0.15, 0.2) is 0 Å². The normalized spacial score (nSPS) is 21.9. The van der Waals surface area contributed by atoms with Gasteiger partial charge in [0.2, 0.25) is 5.91 Å². The summed E-state index contributed by atoms with van der Waals surface area (Å²) in [6.07, 6.45) is -0.0689. The van der Waals surface area contributed by atoms with Gasteiger partial charge in [-0.3, -0.25) is 4.79 Å². The topological polar surface area (TPSA) is 44.8 Å². The minimum Gasteiger partial charge on any atom is -0.375 e. The van der Waals surface area contributed by atoms with Crippen molar-refractivity contribution in [2.75, 3.05) is 45.2 Å². The zero-order valence-corrected chi connectivity index (χ0v) is 13.1. The average molecular weight is 291 g/mol. The van der Waals surface area contributed by atoms with Gasteiger partial charge < -0.3 is 19.9 Å². The number of hydrogen-bond donors (Lipinski definition) is 1. The summed E-state index contributed by atoms with van der Waals surface area (Å²) in [5.41, 5.74) is 1.16. The minimum absolute atomic E-state index is 0.0689. The van der Waals surface area contributed by atoms with E-state index in [-0.39, 0.29) is 18.1 Å². The van der Waals surface area contributed by atoms with Crippen molar-refractivity contribution in [2.24, 2.45) is 0 Å². The van der Waals surface area contributed by atoms with Crippen LogP contribution in [0.1, 0.15) is 6.92 Å². The summed E-state index contributed by atoms with van der Waals surface area (Å²) in [5, 5.41) is 3.24.